The number of amides is 1. The third-order valence-corrected chi connectivity index (χ3v) is 5.80. The highest BCUT2D eigenvalue weighted by Gasteiger charge is 2.29. The van der Waals surface area contributed by atoms with Gasteiger partial charge < -0.3 is 4.90 Å². The second-order valence-electron chi connectivity index (χ2n) is 5.56. The predicted molar refractivity (Wildman–Crippen MR) is 90.5 cm³/mol. The van der Waals surface area contributed by atoms with Crippen molar-refractivity contribution >= 4 is 15.9 Å². The second kappa shape index (κ2) is 8.08. The first kappa shape index (κ1) is 18.2. The SMILES string of the molecule is CCC/C=C/C(=O)N1CCN(S(=O)(=O)c2ccc(C#N)cc2)CC1. The molecular formula is C17H21N3O3S. The van der Waals surface area contributed by atoms with Crippen LogP contribution in [-0.2, 0) is 14.8 Å². The number of piperazine rings is 1. The highest BCUT2D eigenvalue weighted by atomic mass is 32.2. The molecule has 0 N–H and O–H groups in total. The van der Waals surface area contributed by atoms with Gasteiger partial charge in [-0.1, -0.05) is 19.4 Å². The molecule has 128 valence electrons. The van der Waals surface area contributed by atoms with Crippen molar-refractivity contribution in [3.63, 3.8) is 0 Å². The molecule has 2 rings (SSSR count). The maximum absolute atomic E-state index is 12.6. The molecule has 1 aromatic rings. The van der Waals surface area contributed by atoms with Crippen molar-refractivity contribution in [3.05, 3.63) is 42.0 Å². The smallest absolute Gasteiger partial charge is 0.246 e. The molecule has 1 aliphatic rings. The summed E-state index contributed by atoms with van der Waals surface area (Å²) in [4.78, 5) is 13.8. The Kier molecular flexibility index (Phi) is 6.12. The Labute approximate surface area is 143 Å². The van der Waals surface area contributed by atoms with Crippen molar-refractivity contribution in [2.24, 2.45) is 0 Å². The number of carbonyl (C=O) groups is 1. The average molecular weight is 347 g/mol. The molecule has 1 aromatic carbocycles. The molecule has 0 saturated carbocycles. The summed E-state index contributed by atoms with van der Waals surface area (Å²) in [6.45, 7) is 3.35. The van der Waals surface area contributed by atoms with Crippen LogP contribution in [0.4, 0.5) is 0 Å². The second-order valence-corrected chi connectivity index (χ2v) is 7.49. The first-order valence-corrected chi connectivity index (χ1v) is 9.39. The number of nitriles is 1. The van der Waals surface area contributed by atoms with Crippen LogP contribution in [0.15, 0.2) is 41.3 Å². The minimum absolute atomic E-state index is 0.0705. The quantitative estimate of drug-likeness (QED) is 0.760. The molecule has 0 bridgehead atoms. The lowest BCUT2D eigenvalue weighted by molar-refractivity contribution is -0.127. The fourth-order valence-corrected chi connectivity index (χ4v) is 3.88. The highest BCUT2D eigenvalue weighted by molar-refractivity contribution is 7.89. The zero-order valence-electron chi connectivity index (χ0n) is 13.7. The van der Waals surface area contributed by atoms with E-state index in [1.165, 1.54) is 28.6 Å². The van der Waals surface area contributed by atoms with Crippen LogP contribution in [-0.4, -0.2) is 49.7 Å². The Balaban J connectivity index is 2.00. The molecule has 1 fully saturated rings. The van der Waals surface area contributed by atoms with E-state index in [0.29, 0.717) is 18.7 Å². The van der Waals surface area contributed by atoms with Gasteiger partial charge in [-0.25, -0.2) is 8.42 Å². The van der Waals surface area contributed by atoms with E-state index in [1.54, 1.807) is 11.0 Å². The molecular weight excluding hydrogens is 326 g/mol. The van der Waals surface area contributed by atoms with Crippen LogP contribution < -0.4 is 0 Å². The monoisotopic (exact) mass is 347 g/mol. The van der Waals surface area contributed by atoms with Crippen molar-refractivity contribution < 1.29 is 13.2 Å². The number of nitrogens with zero attached hydrogens (tertiary/aromatic N) is 3. The molecule has 0 spiro atoms. The van der Waals surface area contributed by atoms with Crippen LogP contribution >= 0.6 is 0 Å². The van der Waals surface area contributed by atoms with Crippen molar-refractivity contribution in [2.45, 2.75) is 24.7 Å². The van der Waals surface area contributed by atoms with E-state index in [4.69, 9.17) is 5.26 Å². The van der Waals surface area contributed by atoms with E-state index in [2.05, 4.69) is 0 Å². The number of benzene rings is 1. The number of hydrogen-bond acceptors (Lipinski definition) is 4. The van der Waals surface area contributed by atoms with Gasteiger partial charge >= 0.3 is 0 Å². The molecule has 0 aromatic heterocycles. The van der Waals surface area contributed by atoms with E-state index in [1.807, 2.05) is 19.1 Å². The Morgan fingerprint density at radius 1 is 1.21 bits per heavy atom. The van der Waals surface area contributed by atoms with E-state index in [0.717, 1.165) is 12.8 Å². The van der Waals surface area contributed by atoms with E-state index >= 15 is 0 Å². The van der Waals surface area contributed by atoms with Crippen LogP contribution in [0.2, 0.25) is 0 Å². The van der Waals surface area contributed by atoms with Gasteiger partial charge in [-0.15, -0.1) is 0 Å². The van der Waals surface area contributed by atoms with Crippen LogP contribution in [0, 0.1) is 11.3 Å². The van der Waals surface area contributed by atoms with Crippen LogP contribution in [0.1, 0.15) is 25.3 Å². The van der Waals surface area contributed by atoms with E-state index < -0.39 is 10.0 Å². The van der Waals surface area contributed by atoms with Crippen molar-refractivity contribution in [2.75, 3.05) is 26.2 Å². The third kappa shape index (κ3) is 4.22. The maximum atomic E-state index is 12.6. The van der Waals surface area contributed by atoms with Gasteiger partial charge in [-0.3, -0.25) is 4.79 Å². The Morgan fingerprint density at radius 2 is 1.83 bits per heavy atom. The van der Waals surface area contributed by atoms with E-state index in [9.17, 15) is 13.2 Å². The molecule has 0 radical (unpaired) electrons. The van der Waals surface area contributed by atoms with Gasteiger partial charge in [0.05, 0.1) is 16.5 Å². The lowest BCUT2D eigenvalue weighted by Crippen LogP contribution is -2.50. The van der Waals surface area contributed by atoms with Gasteiger partial charge in [0.15, 0.2) is 0 Å². The minimum atomic E-state index is -3.59. The first-order chi connectivity index (χ1) is 11.5. The number of allylic oxidation sites excluding steroid dienone is 1. The molecule has 0 unspecified atom stereocenters. The molecule has 24 heavy (non-hydrogen) atoms. The maximum Gasteiger partial charge on any atom is 0.246 e. The summed E-state index contributed by atoms with van der Waals surface area (Å²) in [7, 11) is -3.59. The topological polar surface area (TPSA) is 81.5 Å². The van der Waals surface area contributed by atoms with Gasteiger partial charge in [0, 0.05) is 26.2 Å². The standard InChI is InChI=1S/C17H21N3O3S/c1-2-3-4-5-17(21)19-10-12-20(13-11-19)24(22,23)16-8-6-15(14-18)7-9-16/h4-9H,2-3,10-13H2,1H3/b5-4+. The van der Waals surface area contributed by atoms with Crippen LogP contribution in [0.3, 0.4) is 0 Å². The largest absolute Gasteiger partial charge is 0.337 e. The number of sulfonamides is 1. The average Bonchev–Trinajstić information content (AvgIpc) is 2.62. The van der Waals surface area contributed by atoms with Crippen molar-refractivity contribution in [3.8, 4) is 6.07 Å². The molecule has 0 aliphatic carbocycles. The van der Waals surface area contributed by atoms with Crippen molar-refractivity contribution in [1.82, 2.24) is 9.21 Å². The van der Waals surface area contributed by atoms with Gasteiger partial charge in [0.25, 0.3) is 0 Å². The number of rotatable bonds is 5. The zero-order valence-corrected chi connectivity index (χ0v) is 14.5. The van der Waals surface area contributed by atoms with Gasteiger partial charge in [0.2, 0.25) is 15.9 Å². The van der Waals surface area contributed by atoms with Gasteiger partial charge in [0.1, 0.15) is 0 Å². The molecule has 0 atom stereocenters. The number of carbonyl (C=O) groups excluding carboxylic acids is 1. The van der Waals surface area contributed by atoms with Crippen LogP contribution in [0.5, 0.6) is 0 Å². The molecule has 1 saturated heterocycles. The summed E-state index contributed by atoms with van der Waals surface area (Å²) in [5.74, 6) is -0.0705. The number of unbranched alkanes of at least 4 members (excludes halogenated alkanes) is 1. The summed E-state index contributed by atoms with van der Waals surface area (Å²) in [6.07, 6.45) is 5.26. The van der Waals surface area contributed by atoms with Crippen molar-refractivity contribution in [1.29, 1.82) is 5.26 Å². The minimum Gasteiger partial charge on any atom is -0.337 e. The first-order valence-electron chi connectivity index (χ1n) is 7.95. The zero-order chi connectivity index (χ0) is 17.6. The van der Waals surface area contributed by atoms with Gasteiger partial charge in [-0.2, -0.15) is 9.57 Å². The summed E-state index contributed by atoms with van der Waals surface area (Å²) >= 11 is 0. The summed E-state index contributed by atoms with van der Waals surface area (Å²) < 4.78 is 26.6. The lowest BCUT2D eigenvalue weighted by Gasteiger charge is -2.33. The molecule has 1 amide bonds. The summed E-state index contributed by atoms with van der Waals surface area (Å²) in [5, 5.41) is 8.79. The summed E-state index contributed by atoms with van der Waals surface area (Å²) in [5.41, 5.74) is 0.420. The normalized spacial score (nSPS) is 16.2. The molecule has 1 aliphatic heterocycles. The fourth-order valence-electron chi connectivity index (χ4n) is 2.46. The highest BCUT2D eigenvalue weighted by Crippen LogP contribution is 2.18. The van der Waals surface area contributed by atoms with Crippen LogP contribution in [0.25, 0.3) is 0 Å². The Bertz CT molecular complexity index is 740. The lowest BCUT2D eigenvalue weighted by atomic mass is 10.2. The van der Waals surface area contributed by atoms with Gasteiger partial charge in [-0.05, 0) is 36.8 Å². The molecule has 1 heterocycles. The Hall–Kier alpha value is -2.17. The Morgan fingerprint density at radius 3 is 2.38 bits per heavy atom. The fraction of sp³-hybridized carbons (Fsp3) is 0.412. The van der Waals surface area contributed by atoms with E-state index in [-0.39, 0.29) is 23.9 Å². The predicted octanol–water partition coefficient (Wildman–Crippen LogP) is 1.75. The molecule has 6 nitrogen and oxygen atoms in total. The molecule has 7 heteroatoms. The summed E-state index contributed by atoms with van der Waals surface area (Å²) in [6, 6.07) is 7.83. The number of hydrogen-bond donors (Lipinski definition) is 0. The third-order valence-electron chi connectivity index (χ3n) is 3.89.